The Morgan fingerprint density at radius 2 is 1.42 bits per heavy atom. The van der Waals surface area contributed by atoms with E-state index in [4.69, 9.17) is 18.9 Å². The summed E-state index contributed by atoms with van der Waals surface area (Å²) in [5.41, 5.74) is 2.22. The zero-order valence-corrected chi connectivity index (χ0v) is 22.4. The Balaban J connectivity index is 0.00000385. The number of aliphatic imine (C=N–C) groups is 1. The van der Waals surface area contributed by atoms with Crippen LogP contribution >= 0.6 is 24.0 Å². The zero-order chi connectivity index (χ0) is 22.9. The van der Waals surface area contributed by atoms with E-state index in [1.54, 1.807) is 28.4 Å². The summed E-state index contributed by atoms with van der Waals surface area (Å²) in [6.45, 7) is 4.40. The highest BCUT2D eigenvalue weighted by Gasteiger charge is 2.20. The molecule has 1 N–H and O–H groups in total. The normalized spacial score (nSPS) is 13.8. The maximum absolute atomic E-state index is 5.56. The summed E-state index contributed by atoms with van der Waals surface area (Å²) in [6, 6.07) is 12.0. The van der Waals surface area contributed by atoms with E-state index in [0.717, 1.165) is 61.4 Å². The Kier molecular flexibility index (Phi) is 10.7. The standard InChI is InChI=1S/C24H34N4O4.HI/c1-25-24(26-11-10-21-22(31-4)16-20(30-3)17-23(21)32-5)28-14-12-27(13-15-28)18-6-8-19(29-2)9-7-18;/h6-9,16-17H,10-15H2,1-5H3,(H,25,26);1H. The first kappa shape index (κ1) is 26.7. The van der Waals surface area contributed by atoms with E-state index >= 15 is 0 Å². The van der Waals surface area contributed by atoms with Crippen LogP contribution < -0.4 is 29.2 Å². The first-order valence-corrected chi connectivity index (χ1v) is 10.8. The molecule has 9 heteroatoms. The van der Waals surface area contributed by atoms with E-state index in [1.165, 1.54) is 5.69 Å². The summed E-state index contributed by atoms with van der Waals surface area (Å²) in [4.78, 5) is 9.17. The van der Waals surface area contributed by atoms with E-state index in [-0.39, 0.29) is 24.0 Å². The minimum atomic E-state index is 0. The van der Waals surface area contributed by atoms with Crippen molar-refractivity contribution in [3.63, 3.8) is 0 Å². The highest BCUT2D eigenvalue weighted by Crippen LogP contribution is 2.34. The maximum atomic E-state index is 5.56. The van der Waals surface area contributed by atoms with Gasteiger partial charge in [0.2, 0.25) is 0 Å². The molecular weight excluding hydrogens is 535 g/mol. The second-order valence-electron chi connectivity index (χ2n) is 7.41. The minimum Gasteiger partial charge on any atom is -0.497 e. The minimum absolute atomic E-state index is 0. The lowest BCUT2D eigenvalue weighted by atomic mass is 10.1. The van der Waals surface area contributed by atoms with Crippen molar-refractivity contribution in [2.45, 2.75) is 6.42 Å². The lowest BCUT2D eigenvalue weighted by Crippen LogP contribution is -2.52. The van der Waals surface area contributed by atoms with Crippen LogP contribution in [0.15, 0.2) is 41.4 Å². The first-order chi connectivity index (χ1) is 15.6. The summed E-state index contributed by atoms with van der Waals surface area (Å²) < 4.78 is 21.7. The average Bonchev–Trinajstić information content (AvgIpc) is 2.86. The molecule has 0 bridgehead atoms. The second kappa shape index (κ2) is 13.2. The molecule has 1 heterocycles. The maximum Gasteiger partial charge on any atom is 0.193 e. The molecule has 1 aliphatic rings. The number of guanidine groups is 1. The smallest absolute Gasteiger partial charge is 0.193 e. The third-order valence-electron chi connectivity index (χ3n) is 5.70. The van der Waals surface area contributed by atoms with Crippen LogP contribution in [0.1, 0.15) is 5.56 Å². The molecular formula is C24H35IN4O4. The lowest BCUT2D eigenvalue weighted by Gasteiger charge is -2.37. The summed E-state index contributed by atoms with van der Waals surface area (Å²) in [7, 11) is 8.46. The highest BCUT2D eigenvalue weighted by atomic mass is 127. The number of nitrogens with zero attached hydrogens (tertiary/aromatic N) is 3. The Hall–Kier alpha value is -2.56. The molecule has 1 saturated heterocycles. The molecule has 33 heavy (non-hydrogen) atoms. The predicted octanol–water partition coefficient (Wildman–Crippen LogP) is 3.28. The molecule has 2 aromatic rings. The van der Waals surface area contributed by atoms with Gasteiger partial charge in [0, 0.05) is 63.2 Å². The van der Waals surface area contributed by atoms with Gasteiger partial charge >= 0.3 is 0 Å². The van der Waals surface area contributed by atoms with Crippen LogP contribution in [0.5, 0.6) is 23.0 Å². The first-order valence-electron chi connectivity index (χ1n) is 10.8. The number of hydrogen-bond acceptors (Lipinski definition) is 6. The Bertz CT molecular complexity index is 875. The molecule has 1 fully saturated rings. The number of nitrogens with one attached hydrogen (secondary N) is 1. The number of halogens is 1. The number of ether oxygens (including phenoxy) is 4. The van der Waals surface area contributed by atoms with Gasteiger partial charge in [0.25, 0.3) is 0 Å². The Labute approximate surface area is 213 Å². The fraction of sp³-hybridized carbons (Fsp3) is 0.458. The van der Waals surface area contributed by atoms with Gasteiger partial charge in [0.15, 0.2) is 5.96 Å². The van der Waals surface area contributed by atoms with Gasteiger partial charge in [0.05, 0.1) is 28.4 Å². The van der Waals surface area contributed by atoms with E-state index in [0.29, 0.717) is 12.3 Å². The molecule has 0 aliphatic carbocycles. The SMILES string of the molecule is CN=C(NCCc1c(OC)cc(OC)cc1OC)N1CCN(c2ccc(OC)cc2)CC1.I. The number of anilines is 1. The van der Waals surface area contributed by atoms with Crippen LogP contribution in [0.3, 0.4) is 0 Å². The fourth-order valence-corrected chi connectivity index (χ4v) is 3.93. The van der Waals surface area contributed by atoms with E-state index < -0.39 is 0 Å². The number of methoxy groups -OCH3 is 4. The van der Waals surface area contributed by atoms with Gasteiger partial charge in [-0.15, -0.1) is 24.0 Å². The van der Waals surface area contributed by atoms with Gasteiger partial charge in [0.1, 0.15) is 23.0 Å². The van der Waals surface area contributed by atoms with Gasteiger partial charge in [-0.1, -0.05) is 0 Å². The van der Waals surface area contributed by atoms with Crippen molar-refractivity contribution in [1.29, 1.82) is 0 Å². The number of rotatable bonds is 8. The van der Waals surface area contributed by atoms with Crippen LogP contribution in [0.25, 0.3) is 0 Å². The van der Waals surface area contributed by atoms with Crippen LogP contribution in [0.4, 0.5) is 5.69 Å². The van der Waals surface area contributed by atoms with Crippen molar-refractivity contribution in [2.24, 2.45) is 4.99 Å². The van der Waals surface area contributed by atoms with E-state index in [9.17, 15) is 0 Å². The number of benzene rings is 2. The molecule has 0 radical (unpaired) electrons. The topological polar surface area (TPSA) is 67.8 Å². The van der Waals surface area contributed by atoms with Crippen molar-refractivity contribution < 1.29 is 18.9 Å². The van der Waals surface area contributed by atoms with E-state index in [2.05, 4.69) is 32.2 Å². The average molecular weight is 570 g/mol. The van der Waals surface area contributed by atoms with Crippen LogP contribution in [0.2, 0.25) is 0 Å². The summed E-state index contributed by atoms with van der Waals surface area (Å²) >= 11 is 0. The van der Waals surface area contributed by atoms with Crippen LogP contribution in [-0.2, 0) is 6.42 Å². The lowest BCUT2D eigenvalue weighted by molar-refractivity contribution is 0.365. The third kappa shape index (κ3) is 6.72. The molecule has 0 atom stereocenters. The molecule has 0 amide bonds. The number of piperazine rings is 1. The summed E-state index contributed by atoms with van der Waals surface area (Å²) in [6.07, 6.45) is 0.737. The van der Waals surface area contributed by atoms with Crippen LogP contribution in [-0.4, -0.2) is 79.1 Å². The molecule has 8 nitrogen and oxygen atoms in total. The summed E-state index contributed by atoms with van der Waals surface area (Å²) in [5.74, 6) is 4.01. The van der Waals surface area contributed by atoms with Gasteiger partial charge in [-0.2, -0.15) is 0 Å². The fourth-order valence-electron chi connectivity index (χ4n) is 3.93. The molecule has 0 saturated carbocycles. The zero-order valence-electron chi connectivity index (χ0n) is 20.1. The van der Waals surface area contributed by atoms with Gasteiger partial charge in [-0.25, -0.2) is 0 Å². The quantitative estimate of drug-likeness (QED) is 0.297. The van der Waals surface area contributed by atoms with E-state index in [1.807, 2.05) is 31.3 Å². The Morgan fingerprint density at radius 3 is 1.91 bits per heavy atom. The predicted molar refractivity (Wildman–Crippen MR) is 143 cm³/mol. The van der Waals surface area contributed by atoms with Crippen molar-refractivity contribution in [2.75, 3.05) is 73.1 Å². The van der Waals surface area contributed by atoms with Crippen molar-refractivity contribution in [3.05, 3.63) is 42.0 Å². The summed E-state index contributed by atoms with van der Waals surface area (Å²) in [5, 5.41) is 3.49. The van der Waals surface area contributed by atoms with Crippen molar-refractivity contribution in [3.8, 4) is 23.0 Å². The number of hydrogen-bond donors (Lipinski definition) is 1. The van der Waals surface area contributed by atoms with Gasteiger partial charge in [-0.3, -0.25) is 4.99 Å². The largest absolute Gasteiger partial charge is 0.497 e. The molecule has 0 unspecified atom stereocenters. The monoisotopic (exact) mass is 570 g/mol. The van der Waals surface area contributed by atoms with Crippen molar-refractivity contribution >= 4 is 35.6 Å². The van der Waals surface area contributed by atoms with Crippen molar-refractivity contribution in [1.82, 2.24) is 10.2 Å². The van der Waals surface area contributed by atoms with Gasteiger partial charge in [-0.05, 0) is 30.7 Å². The Morgan fingerprint density at radius 1 is 0.848 bits per heavy atom. The highest BCUT2D eigenvalue weighted by molar-refractivity contribution is 14.0. The molecule has 182 valence electrons. The second-order valence-corrected chi connectivity index (χ2v) is 7.41. The molecule has 1 aliphatic heterocycles. The van der Waals surface area contributed by atoms with Gasteiger partial charge < -0.3 is 34.1 Å². The molecule has 0 aromatic heterocycles. The van der Waals surface area contributed by atoms with Crippen LogP contribution in [0, 0.1) is 0 Å². The molecule has 3 rings (SSSR count). The third-order valence-corrected chi connectivity index (χ3v) is 5.70. The molecule has 0 spiro atoms. The molecule has 2 aromatic carbocycles.